The number of nitriles is 1. The molecule has 1 saturated heterocycles. The lowest BCUT2D eigenvalue weighted by atomic mass is 9.95. The molecule has 1 aromatic heterocycles. The highest BCUT2D eigenvalue weighted by Crippen LogP contribution is 2.32. The van der Waals surface area contributed by atoms with Crippen LogP contribution < -0.4 is 4.90 Å². The zero-order valence-corrected chi connectivity index (χ0v) is 20.8. The summed E-state index contributed by atoms with van der Waals surface area (Å²) >= 11 is 0. The molecule has 37 heavy (non-hydrogen) atoms. The van der Waals surface area contributed by atoms with Crippen molar-refractivity contribution in [2.24, 2.45) is 0 Å². The molecule has 2 atom stereocenters. The first kappa shape index (κ1) is 24.5. The van der Waals surface area contributed by atoms with Crippen molar-refractivity contribution in [1.29, 1.82) is 5.26 Å². The lowest BCUT2D eigenvalue weighted by Crippen LogP contribution is -2.58. The third kappa shape index (κ3) is 5.96. The standard InChI is InChI=1S/C31H31N5O/c32-19-26-16-14-24(15-17-26)10-7-13-30(29-20-33-23-34-29)35-22-31(37)36(27-11-5-2-6-12-27)21-28(35)18-25-8-3-1-4-9-25/h1-6,8-9,11-12,14-17,20,23,28,30H,7,10,13,18,21-22H2,(H,33,34)/t28?,30-/m0/s1. The fraction of sp³-hybridized carbons (Fsp3) is 0.258. The number of para-hydroxylation sites is 1. The van der Waals surface area contributed by atoms with E-state index in [-0.39, 0.29) is 18.0 Å². The number of aryl methyl sites for hydroxylation is 1. The van der Waals surface area contributed by atoms with E-state index >= 15 is 0 Å². The van der Waals surface area contributed by atoms with Crippen LogP contribution in [0, 0.1) is 11.3 Å². The SMILES string of the molecule is N#Cc1ccc(CCC[C@@H](c2cnc[nH]2)N2CC(=O)N(c3ccccc3)CC2Cc2ccccc2)cc1. The number of nitrogens with one attached hydrogen (secondary N) is 1. The van der Waals surface area contributed by atoms with Crippen LogP contribution in [0.1, 0.15) is 41.3 Å². The van der Waals surface area contributed by atoms with Crippen LogP contribution in [0.4, 0.5) is 5.69 Å². The Hall–Kier alpha value is -4.21. The summed E-state index contributed by atoms with van der Waals surface area (Å²) in [7, 11) is 0. The minimum absolute atomic E-state index is 0.0523. The molecule has 6 heteroatoms. The third-order valence-corrected chi connectivity index (χ3v) is 7.17. The van der Waals surface area contributed by atoms with Gasteiger partial charge in [0.15, 0.2) is 0 Å². The number of anilines is 1. The number of benzene rings is 3. The van der Waals surface area contributed by atoms with Crippen molar-refractivity contribution in [3.8, 4) is 6.07 Å². The van der Waals surface area contributed by atoms with Crippen molar-refractivity contribution in [3.63, 3.8) is 0 Å². The second-order valence-corrected chi connectivity index (χ2v) is 9.58. The monoisotopic (exact) mass is 489 g/mol. The van der Waals surface area contributed by atoms with Crippen molar-refractivity contribution in [2.45, 2.75) is 37.8 Å². The summed E-state index contributed by atoms with van der Waals surface area (Å²) < 4.78 is 0. The molecule has 1 N–H and O–H groups in total. The van der Waals surface area contributed by atoms with Gasteiger partial charge in [-0.05, 0) is 61.1 Å². The van der Waals surface area contributed by atoms with E-state index in [0.717, 1.165) is 37.1 Å². The second kappa shape index (κ2) is 11.7. The second-order valence-electron chi connectivity index (χ2n) is 9.58. The molecule has 186 valence electrons. The summed E-state index contributed by atoms with van der Waals surface area (Å²) in [6.45, 7) is 0.991. The number of amides is 1. The van der Waals surface area contributed by atoms with E-state index in [0.29, 0.717) is 18.7 Å². The van der Waals surface area contributed by atoms with Gasteiger partial charge in [-0.2, -0.15) is 5.26 Å². The van der Waals surface area contributed by atoms with Crippen LogP contribution in [-0.4, -0.2) is 39.9 Å². The van der Waals surface area contributed by atoms with E-state index in [1.54, 1.807) is 6.33 Å². The molecule has 1 aliphatic heterocycles. The van der Waals surface area contributed by atoms with Gasteiger partial charge in [-0.1, -0.05) is 60.7 Å². The maximum absolute atomic E-state index is 13.5. The minimum Gasteiger partial charge on any atom is -0.347 e. The Morgan fingerprint density at radius 1 is 0.973 bits per heavy atom. The summed E-state index contributed by atoms with van der Waals surface area (Å²) in [6, 6.07) is 30.7. The zero-order chi connectivity index (χ0) is 25.5. The molecule has 1 amide bonds. The number of carbonyl (C=O) groups is 1. The van der Waals surface area contributed by atoms with Gasteiger partial charge in [-0.3, -0.25) is 9.69 Å². The molecule has 6 nitrogen and oxygen atoms in total. The van der Waals surface area contributed by atoms with E-state index in [4.69, 9.17) is 5.26 Å². The van der Waals surface area contributed by atoms with Crippen LogP contribution in [0.25, 0.3) is 0 Å². The molecule has 2 heterocycles. The van der Waals surface area contributed by atoms with Gasteiger partial charge >= 0.3 is 0 Å². The fourth-order valence-electron chi connectivity index (χ4n) is 5.27. The Morgan fingerprint density at radius 3 is 2.38 bits per heavy atom. The van der Waals surface area contributed by atoms with Crippen molar-refractivity contribution < 1.29 is 4.79 Å². The third-order valence-electron chi connectivity index (χ3n) is 7.17. The summed E-state index contributed by atoms with van der Waals surface area (Å²) in [6.07, 6.45) is 7.24. The normalized spacial score (nSPS) is 16.9. The van der Waals surface area contributed by atoms with Gasteiger partial charge in [0, 0.05) is 24.5 Å². The van der Waals surface area contributed by atoms with Gasteiger partial charge in [0.25, 0.3) is 0 Å². The quantitative estimate of drug-likeness (QED) is 0.346. The summed E-state index contributed by atoms with van der Waals surface area (Å²) in [4.78, 5) is 25.4. The molecule has 0 saturated carbocycles. The molecule has 0 spiro atoms. The van der Waals surface area contributed by atoms with Gasteiger partial charge in [0.1, 0.15) is 0 Å². The van der Waals surface area contributed by atoms with Crippen LogP contribution in [0.15, 0.2) is 97.5 Å². The van der Waals surface area contributed by atoms with Crippen LogP contribution in [-0.2, 0) is 17.6 Å². The highest BCUT2D eigenvalue weighted by molar-refractivity contribution is 5.95. The first-order valence-corrected chi connectivity index (χ1v) is 12.8. The van der Waals surface area contributed by atoms with E-state index in [9.17, 15) is 4.79 Å². The number of piperazine rings is 1. The molecule has 3 aromatic carbocycles. The number of aromatic amines is 1. The number of hydrogen-bond donors (Lipinski definition) is 1. The van der Waals surface area contributed by atoms with E-state index < -0.39 is 0 Å². The predicted molar refractivity (Wildman–Crippen MR) is 145 cm³/mol. The number of imidazole rings is 1. The number of rotatable bonds is 9. The Bertz CT molecular complexity index is 1310. The average molecular weight is 490 g/mol. The van der Waals surface area contributed by atoms with E-state index in [1.165, 1.54) is 11.1 Å². The molecule has 0 bridgehead atoms. The van der Waals surface area contributed by atoms with Crippen molar-refractivity contribution in [3.05, 3.63) is 120 Å². The topological polar surface area (TPSA) is 76.0 Å². The van der Waals surface area contributed by atoms with E-state index in [2.05, 4.69) is 45.2 Å². The highest BCUT2D eigenvalue weighted by Gasteiger charge is 2.37. The summed E-state index contributed by atoms with van der Waals surface area (Å²) in [5.74, 6) is 0.118. The number of aromatic nitrogens is 2. The van der Waals surface area contributed by atoms with Gasteiger partial charge in [-0.25, -0.2) is 4.98 Å². The fourth-order valence-corrected chi connectivity index (χ4v) is 5.27. The molecule has 4 aromatic rings. The molecule has 0 aliphatic carbocycles. The molecule has 1 unspecified atom stereocenters. The Balaban J connectivity index is 1.39. The molecular formula is C31H31N5O. The maximum Gasteiger partial charge on any atom is 0.241 e. The maximum atomic E-state index is 13.5. The van der Waals surface area contributed by atoms with Gasteiger partial charge in [0.05, 0.1) is 36.2 Å². The lowest BCUT2D eigenvalue weighted by Gasteiger charge is -2.44. The first-order valence-electron chi connectivity index (χ1n) is 12.8. The lowest BCUT2D eigenvalue weighted by molar-refractivity contribution is -0.123. The molecular weight excluding hydrogens is 458 g/mol. The van der Waals surface area contributed by atoms with Crippen LogP contribution in [0.2, 0.25) is 0 Å². The smallest absolute Gasteiger partial charge is 0.241 e. The van der Waals surface area contributed by atoms with Crippen molar-refractivity contribution in [1.82, 2.24) is 14.9 Å². The molecule has 1 aliphatic rings. The predicted octanol–water partition coefficient (Wildman–Crippen LogP) is 5.31. The van der Waals surface area contributed by atoms with Crippen molar-refractivity contribution in [2.75, 3.05) is 18.0 Å². The van der Waals surface area contributed by atoms with Crippen LogP contribution in [0.5, 0.6) is 0 Å². The summed E-state index contributed by atoms with van der Waals surface area (Å²) in [5, 5.41) is 9.07. The number of hydrogen-bond acceptors (Lipinski definition) is 4. The van der Waals surface area contributed by atoms with Gasteiger partial charge < -0.3 is 9.88 Å². The van der Waals surface area contributed by atoms with Gasteiger partial charge in [0.2, 0.25) is 5.91 Å². The Labute approximate surface area is 218 Å². The number of carbonyl (C=O) groups excluding carboxylic acids is 1. The average Bonchev–Trinajstić information content (AvgIpc) is 3.48. The first-order chi connectivity index (χ1) is 18.2. The Kier molecular flexibility index (Phi) is 7.73. The zero-order valence-electron chi connectivity index (χ0n) is 20.8. The summed E-state index contributed by atoms with van der Waals surface area (Å²) in [5.41, 5.74) is 5.15. The van der Waals surface area contributed by atoms with Crippen LogP contribution >= 0.6 is 0 Å². The van der Waals surface area contributed by atoms with Gasteiger partial charge in [-0.15, -0.1) is 0 Å². The van der Waals surface area contributed by atoms with Crippen LogP contribution in [0.3, 0.4) is 0 Å². The molecule has 1 fully saturated rings. The minimum atomic E-state index is 0.0523. The highest BCUT2D eigenvalue weighted by atomic mass is 16.2. The van der Waals surface area contributed by atoms with Crippen molar-refractivity contribution >= 4 is 11.6 Å². The molecule has 0 radical (unpaired) electrons. The number of nitrogens with zero attached hydrogens (tertiary/aromatic N) is 4. The number of H-pyrrole nitrogens is 1. The largest absolute Gasteiger partial charge is 0.347 e. The molecule has 5 rings (SSSR count). The Morgan fingerprint density at radius 2 is 1.70 bits per heavy atom. The van der Waals surface area contributed by atoms with E-state index in [1.807, 2.05) is 71.8 Å².